The molecule has 3 heteroatoms. The molecule has 0 aromatic rings. The lowest BCUT2D eigenvalue weighted by atomic mass is 9.61. The monoisotopic (exact) mass is 174 g/mol. The molecule has 11 heavy (non-hydrogen) atoms. The fourth-order valence-corrected chi connectivity index (χ4v) is 2.60. The van der Waals surface area contributed by atoms with Gasteiger partial charge in [-0.25, -0.2) is 0 Å². The van der Waals surface area contributed by atoms with Crippen molar-refractivity contribution in [2.75, 3.05) is 12.5 Å². The average Bonchev–Trinajstić information content (AvgIpc) is 2.40. The SMILES string of the molecule is CC12CC(C(=O)CCl)(CO1)C2. The molecule has 1 saturated carbocycles. The number of Topliss-reactive ketones (excluding diaryl/α,β-unsaturated/α-hetero) is 1. The minimum atomic E-state index is -0.184. The minimum absolute atomic E-state index is 0.00171. The Kier molecular flexibility index (Phi) is 1.37. The summed E-state index contributed by atoms with van der Waals surface area (Å²) in [5.74, 6) is 0.300. The van der Waals surface area contributed by atoms with Gasteiger partial charge < -0.3 is 4.74 Å². The summed E-state index contributed by atoms with van der Waals surface area (Å²) in [7, 11) is 0. The summed E-state index contributed by atoms with van der Waals surface area (Å²) >= 11 is 5.49. The fourth-order valence-electron chi connectivity index (χ4n) is 2.32. The zero-order valence-electron chi connectivity index (χ0n) is 6.52. The summed E-state index contributed by atoms with van der Waals surface area (Å²) in [6.07, 6.45) is 1.76. The number of rotatable bonds is 2. The van der Waals surface area contributed by atoms with Crippen molar-refractivity contribution in [3.8, 4) is 0 Å². The van der Waals surface area contributed by atoms with Crippen LogP contribution < -0.4 is 0 Å². The van der Waals surface area contributed by atoms with Gasteiger partial charge in [-0.1, -0.05) is 0 Å². The number of ketones is 1. The normalized spacial score (nSPS) is 47.1. The van der Waals surface area contributed by atoms with Gasteiger partial charge in [-0.15, -0.1) is 11.6 Å². The van der Waals surface area contributed by atoms with Crippen molar-refractivity contribution in [3.05, 3.63) is 0 Å². The minimum Gasteiger partial charge on any atom is -0.374 e. The van der Waals surface area contributed by atoms with Gasteiger partial charge >= 0.3 is 0 Å². The van der Waals surface area contributed by atoms with Crippen LogP contribution in [-0.2, 0) is 9.53 Å². The van der Waals surface area contributed by atoms with Crippen LogP contribution in [0.15, 0.2) is 0 Å². The van der Waals surface area contributed by atoms with Crippen molar-refractivity contribution in [2.24, 2.45) is 5.41 Å². The van der Waals surface area contributed by atoms with Gasteiger partial charge in [-0.2, -0.15) is 0 Å². The maximum absolute atomic E-state index is 11.3. The van der Waals surface area contributed by atoms with Gasteiger partial charge in [0.1, 0.15) is 0 Å². The second-order valence-corrected chi connectivity index (χ2v) is 4.20. The first-order valence-corrected chi connectivity index (χ1v) is 4.37. The maximum atomic E-state index is 11.3. The van der Waals surface area contributed by atoms with Crippen LogP contribution in [0.1, 0.15) is 19.8 Å². The molecule has 0 N–H and O–H groups in total. The van der Waals surface area contributed by atoms with Gasteiger partial charge in [-0.05, 0) is 19.8 Å². The molecule has 0 atom stereocenters. The first kappa shape index (κ1) is 7.56. The third-order valence-corrected chi connectivity index (χ3v) is 3.08. The van der Waals surface area contributed by atoms with E-state index in [9.17, 15) is 4.79 Å². The molecule has 0 aromatic carbocycles. The van der Waals surface area contributed by atoms with E-state index in [1.165, 1.54) is 0 Å². The third-order valence-electron chi connectivity index (χ3n) is 2.83. The zero-order valence-corrected chi connectivity index (χ0v) is 7.28. The molecule has 0 aromatic heterocycles. The van der Waals surface area contributed by atoms with Gasteiger partial charge in [0.2, 0.25) is 0 Å². The van der Waals surface area contributed by atoms with Crippen molar-refractivity contribution in [3.63, 3.8) is 0 Å². The Labute approximate surface area is 70.9 Å². The molecule has 2 bridgehead atoms. The number of hydrogen-bond donors (Lipinski definition) is 0. The van der Waals surface area contributed by atoms with E-state index >= 15 is 0 Å². The molecular weight excluding hydrogens is 164 g/mol. The number of hydrogen-bond acceptors (Lipinski definition) is 2. The molecule has 0 amide bonds. The summed E-state index contributed by atoms with van der Waals surface area (Å²) in [5.41, 5.74) is -0.182. The highest BCUT2D eigenvalue weighted by molar-refractivity contribution is 6.28. The highest BCUT2D eigenvalue weighted by atomic mass is 35.5. The molecule has 2 heterocycles. The number of halogens is 1. The molecule has 0 spiro atoms. The van der Waals surface area contributed by atoms with Crippen LogP contribution in [0.5, 0.6) is 0 Å². The van der Waals surface area contributed by atoms with Crippen LogP contribution >= 0.6 is 11.6 Å². The molecule has 62 valence electrons. The van der Waals surface area contributed by atoms with E-state index < -0.39 is 0 Å². The van der Waals surface area contributed by atoms with Crippen LogP contribution in [-0.4, -0.2) is 23.9 Å². The van der Waals surface area contributed by atoms with Gasteiger partial charge in [0.25, 0.3) is 0 Å². The highest BCUT2D eigenvalue weighted by Crippen LogP contribution is 2.58. The van der Waals surface area contributed by atoms with E-state index in [2.05, 4.69) is 6.92 Å². The molecule has 2 aliphatic heterocycles. The van der Waals surface area contributed by atoms with Gasteiger partial charge in [0.05, 0.1) is 23.5 Å². The molecular formula is C8H11ClO2. The molecule has 3 aliphatic rings. The molecule has 3 fully saturated rings. The predicted octanol–water partition coefficient (Wildman–Crippen LogP) is 1.36. The average molecular weight is 175 g/mol. The zero-order chi connectivity index (χ0) is 8.11. The quantitative estimate of drug-likeness (QED) is 0.591. The van der Waals surface area contributed by atoms with Crippen molar-refractivity contribution >= 4 is 17.4 Å². The Morgan fingerprint density at radius 2 is 2.27 bits per heavy atom. The first-order valence-electron chi connectivity index (χ1n) is 3.84. The smallest absolute Gasteiger partial charge is 0.156 e. The molecule has 1 aliphatic carbocycles. The second kappa shape index (κ2) is 1.99. The molecule has 2 saturated heterocycles. The lowest BCUT2D eigenvalue weighted by Gasteiger charge is -2.40. The van der Waals surface area contributed by atoms with E-state index in [1.54, 1.807) is 0 Å². The van der Waals surface area contributed by atoms with Crippen LogP contribution in [0.2, 0.25) is 0 Å². The van der Waals surface area contributed by atoms with Crippen molar-refractivity contribution < 1.29 is 9.53 Å². The fraction of sp³-hybridized carbons (Fsp3) is 0.875. The van der Waals surface area contributed by atoms with Crippen LogP contribution in [0.3, 0.4) is 0 Å². The first-order chi connectivity index (χ1) is 5.10. The van der Waals surface area contributed by atoms with Crippen LogP contribution in [0, 0.1) is 5.41 Å². The Morgan fingerprint density at radius 1 is 1.64 bits per heavy atom. The number of carbonyl (C=O) groups is 1. The summed E-state index contributed by atoms with van der Waals surface area (Å²) in [5, 5.41) is 0. The number of ether oxygens (including phenoxy) is 1. The standard InChI is InChI=1S/C8H11ClO2/c1-7-3-8(4-7,5-11-7)6(10)2-9/h2-5H2,1H3. The molecule has 2 nitrogen and oxygen atoms in total. The Hall–Kier alpha value is -0.0800. The summed E-state index contributed by atoms with van der Waals surface area (Å²) in [6.45, 7) is 2.65. The van der Waals surface area contributed by atoms with Crippen molar-refractivity contribution in [1.82, 2.24) is 0 Å². The number of fused-ring (bicyclic) bond motifs is 1. The molecule has 0 unspecified atom stereocenters. The van der Waals surface area contributed by atoms with Crippen molar-refractivity contribution in [2.45, 2.75) is 25.4 Å². The Balaban J connectivity index is 2.13. The van der Waals surface area contributed by atoms with E-state index in [0.29, 0.717) is 6.61 Å². The van der Waals surface area contributed by atoms with E-state index in [4.69, 9.17) is 16.3 Å². The van der Waals surface area contributed by atoms with Crippen molar-refractivity contribution in [1.29, 1.82) is 0 Å². The largest absolute Gasteiger partial charge is 0.374 e. The van der Waals surface area contributed by atoms with Gasteiger partial charge in [0.15, 0.2) is 5.78 Å². The van der Waals surface area contributed by atoms with Crippen LogP contribution in [0.25, 0.3) is 0 Å². The predicted molar refractivity (Wildman–Crippen MR) is 41.8 cm³/mol. The Morgan fingerprint density at radius 3 is 2.64 bits per heavy atom. The topological polar surface area (TPSA) is 26.3 Å². The number of carbonyl (C=O) groups excluding carboxylic acids is 1. The summed E-state index contributed by atoms with van der Waals surface area (Å²) < 4.78 is 5.46. The second-order valence-electron chi connectivity index (χ2n) is 3.93. The maximum Gasteiger partial charge on any atom is 0.156 e. The number of alkyl halides is 1. The Bertz CT molecular complexity index is 206. The third kappa shape index (κ3) is 0.859. The van der Waals surface area contributed by atoms with Gasteiger partial charge in [0, 0.05) is 0 Å². The molecule has 0 radical (unpaired) electrons. The lowest BCUT2D eigenvalue weighted by molar-refractivity contribution is -0.130. The highest BCUT2D eigenvalue weighted by Gasteiger charge is 2.62. The molecule has 3 rings (SSSR count). The summed E-state index contributed by atoms with van der Waals surface area (Å²) in [6, 6.07) is 0. The van der Waals surface area contributed by atoms with E-state index in [1.807, 2.05) is 0 Å². The van der Waals surface area contributed by atoms with E-state index in [0.717, 1.165) is 12.8 Å². The summed E-state index contributed by atoms with van der Waals surface area (Å²) in [4.78, 5) is 11.3. The van der Waals surface area contributed by atoms with E-state index in [-0.39, 0.29) is 22.7 Å². The van der Waals surface area contributed by atoms with Gasteiger partial charge in [-0.3, -0.25) is 4.79 Å². The lowest BCUT2D eigenvalue weighted by Crippen LogP contribution is -2.47. The van der Waals surface area contributed by atoms with Crippen LogP contribution in [0.4, 0.5) is 0 Å².